The molecule has 0 aromatic heterocycles. The molecule has 0 saturated carbocycles. The van der Waals surface area contributed by atoms with Crippen molar-refractivity contribution in [3.05, 3.63) is 24.3 Å². The van der Waals surface area contributed by atoms with Gasteiger partial charge in [-0.1, -0.05) is 18.7 Å². The molecule has 1 heterocycles. The van der Waals surface area contributed by atoms with Gasteiger partial charge in [0, 0.05) is 0 Å². The zero-order chi connectivity index (χ0) is 5.82. The average molecular weight is 220 g/mol. The van der Waals surface area contributed by atoms with Crippen molar-refractivity contribution in [1.82, 2.24) is 0 Å². The third-order valence-electron chi connectivity index (χ3n) is 1.12. The van der Waals surface area contributed by atoms with E-state index in [2.05, 4.69) is 16.7 Å². The summed E-state index contributed by atoms with van der Waals surface area (Å²) >= 11 is 0.432. The fraction of sp³-hybridized carbons (Fsp3) is 0.286. The lowest BCUT2D eigenvalue weighted by molar-refractivity contribution is 1.20. The van der Waals surface area contributed by atoms with Gasteiger partial charge < -0.3 is 0 Å². The van der Waals surface area contributed by atoms with Crippen LogP contribution in [0.25, 0.3) is 0 Å². The smallest absolute Gasteiger partial charge is 0.00118 e. The molecule has 0 spiro atoms. The Hall–Kier alpha value is 0.0800. The van der Waals surface area contributed by atoms with Gasteiger partial charge in [0.15, 0.2) is 0 Å². The van der Waals surface area contributed by atoms with Gasteiger partial charge in [0.1, 0.15) is 0 Å². The quantitative estimate of drug-likeness (QED) is 0.469. The zero-order valence-corrected chi connectivity index (χ0v) is 6.89. The molecule has 0 unspecified atom stereocenters. The Morgan fingerprint density at radius 3 is 3.00 bits per heavy atom. The lowest BCUT2D eigenvalue weighted by Crippen LogP contribution is -1.84. The Bertz CT molecular complexity index is 142. The maximum absolute atomic E-state index is 3.71. The molecule has 0 amide bonds. The van der Waals surface area contributed by atoms with Gasteiger partial charge in [0.05, 0.1) is 0 Å². The van der Waals surface area contributed by atoms with Crippen LogP contribution in [-0.4, -0.2) is 8.44 Å². The highest BCUT2D eigenvalue weighted by Crippen LogP contribution is 2.12. The maximum Gasteiger partial charge on any atom is -0.00118 e. The van der Waals surface area contributed by atoms with Crippen molar-refractivity contribution in [1.29, 1.82) is 0 Å². The Morgan fingerprint density at radius 1 is 1.75 bits per heavy atom. The molecule has 1 rings (SSSR count). The Kier molecular flexibility index (Phi) is 2.46. The van der Waals surface area contributed by atoms with E-state index >= 15 is 0 Å². The lowest BCUT2D eigenvalue weighted by Gasteiger charge is -1.99. The van der Waals surface area contributed by atoms with Gasteiger partial charge in [0.2, 0.25) is 0 Å². The van der Waals surface area contributed by atoms with Crippen LogP contribution in [0.1, 0.15) is 6.42 Å². The van der Waals surface area contributed by atoms with Gasteiger partial charge in [-0.3, -0.25) is 0 Å². The molecule has 0 aromatic rings. The maximum atomic E-state index is 3.71. The zero-order valence-electron chi connectivity index (χ0n) is 4.73. The first-order valence-electron chi connectivity index (χ1n) is 2.66. The first-order chi connectivity index (χ1) is 3.93. The average Bonchev–Trinajstić information content (AvgIpc) is 1.90. The molecule has 0 fully saturated rings. The summed E-state index contributed by atoms with van der Waals surface area (Å²) in [5, 5.41) is 0. The van der Waals surface area contributed by atoms with Crippen molar-refractivity contribution in [2.75, 3.05) is 4.43 Å². The standard InChI is InChI=1S/C7H9I/c1-2-7-3-5-8-6-4-7/h2-3,5H,1,4,6H2. The summed E-state index contributed by atoms with van der Waals surface area (Å²) in [5.41, 5.74) is 1.41. The van der Waals surface area contributed by atoms with Crippen molar-refractivity contribution in [2.24, 2.45) is 0 Å². The van der Waals surface area contributed by atoms with E-state index in [0.717, 1.165) is 0 Å². The minimum Gasteiger partial charge on any atom is -0.122 e. The Balaban J connectivity index is 2.63. The summed E-state index contributed by atoms with van der Waals surface area (Å²) in [6.45, 7) is 3.71. The third kappa shape index (κ3) is 1.54. The summed E-state index contributed by atoms with van der Waals surface area (Å²) in [5.74, 6) is 0. The molecular formula is C7H9I. The second-order valence-electron chi connectivity index (χ2n) is 1.66. The van der Waals surface area contributed by atoms with Crippen molar-refractivity contribution < 1.29 is 0 Å². The molecule has 0 atom stereocenters. The predicted molar refractivity (Wildman–Crippen MR) is 47.8 cm³/mol. The minimum atomic E-state index is 0.432. The summed E-state index contributed by atoms with van der Waals surface area (Å²) in [6.07, 6.45) is 5.44. The number of hydrogen-bond donors (Lipinski definition) is 0. The van der Waals surface area contributed by atoms with E-state index in [-0.39, 0.29) is 0 Å². The molecule has 0 aromatic carbocycles. The fourth-order valence-electron chi connectivity index (χ4n) is 0.606. The lowest BCUT2D eigenvalue weighted by atomic mass is 10.2. The normalized spacial score (nSPS) is 18.8. The number of allylic oxidation sites excluding steroid dienone is 3. The van der Waals surface area contributed by atoms with Crippen molar-refractivity contribution in [3.8, 4) is 0 Å². The van der Waals surface area contributed by atoms with E-state index in [1.165, 1.54) is 16.4 Å². The van der Waals surface area contributed by atoms with Crippen LogP contribution in [-0.2, 0) is 0 Å². The van der Waals surface area contributed by atoms with Crippen molar-refractivity contribution in [3.63, 3.8) is 0 Å². The van der Waals surface area contributed by atoms with Crippen LogP contribution in [0, 0.1) is 0 Å². The highest BCUT2D eigenvalue weighted by atomic mass is 127. The number of rotatable bonds is 1. The van der Waals surface area contributed by atoms with Crippen LogP contribution >= 0.6 is 20.7 Å². The monoisotopic (exact) mass is 220 g/mol. The molecular weight excluding hydrogens is 211 g/mol. The minimum absolute atomic E-state index is 0.432. The van der Waals surface area contributed by atoms with Crippen LogP contribution in [0.4, 0.5) is 0 Å². The first-order valence-corrected chi connectivity index (χ1v) is 5.43. The number of alkyl halides is 1. The Labute approximate surface area is 60.0 Å². The summed E-state index contributed by atoms with van der Waals surface area (Å²) in [4.78, 5) is 0. The largest absolute Gasteiger partial charge is 0.122 e. The molecule has 0 nitrogen and oxygen atoms in total. The summed E-state index contributed by atoms with van der Waals surface area (Å²) < 4.78 is 3.73. The Morgan fingerprint density at radius 2 is 2.62 bits per heavy atom. The van der Waals surface area contributed by atoms with E-state index < -0.39 is 0 Å². The highest BCUT2D eigenvalue weighted by molar-refractivity contribution is 14.2. The summed E-state index contributed by atoms with van der Waals surface area (Å²) in [6, 6.07) is 0. The van der Waals surface area contributed by atoms with Gasteiger partial charge in [-0.05, 0) is 20.4 Å². The highest BCUT2D eigenvalue weighted by Gasteiger charge is 1.91. The van der Waals surface area contributed by atoms with E-state index in [1.807, 2.05) is 6.08 Å². The van der Waals surface area contributed by atoms with Gasteiger partial charge >= 0.3 is 0 Å². The van der Waals surface area contributed by atoms with Crippen LogP contribution in [0.5, 0.6) is 0 Å². The molecule has 44 valence electrons. The molecule has 1 heteroatoms. The second-order valence-corrected chi connectivity index (χ2v) is 4.34. The van der Waals surface area contributed by atoms with Crippen LogP contribution in [0.3, 0.4) is 0 Å². The second kappa shape index (κ2) is 3.17. The predicted octanol–water partition coefficient (Wildman–Crippen LogP) is 2.28. The van der Waals surface area contributed by atoms with E-state index in [9.17, 15) is 0 Å². The van der Waals surface area contributed by atoms with E-state index in [1.54, 1.807) is 0 Å². The van der Waals surface area contributed by atoms with Crippen molar-refractivity contribution >= 4 is 24.7 Å². The SMILES string of the molecule is C=CC1=CC=ICC1. The molecule has 0 saturated heterocycles. The van der Waals surface area contributed by atoms with Crippen molar-refractivity contribution in [2.45, 2.75) is 6.42 Å². The third-order valence-corrected chi connectivity index (χ3v) is 3.15. The van der Waals surface area contributed by atoms with Crippen LogP contribution < -0.4 is 0 Å². The molecule has 1 aliphatic rings. The van der Waals surface area contributed by atoms with Crippen LogP contribution in [0.2, 0.25) is 0 Å². The van der Waals surface area contributed by atoms with E-state index in [0.29, 0.717) is 20.7 Å². The summed E-state index contributed by atoms with van der Waals surface area (Å²) in [7, 11) is 0. The molecule has 0 aliphatic carbocycles. The topological polar surface area (TPSA) is 0 Å². The van der Waals surface area contributed by atoms with Crippen LogP contribution in [0.15, 0.2) is 24.3 Å². The van der Waals surface area contributed by atoms with E-state index in [4.69, 9.17) is 0 Å². The fourth-order valence-corrected chi connectivity index (χ4v) is 2.62. The van der Waals surface area contributed by atoms with Gasteiger partial charge in [0.25, 0.3) is 0 Å². The number of halogens is 1. The molecule has 0 bridgehead atoms. The molecule has 0 radical (unpaired) electrons. The van der Waals surface area contributed by atoms with Gasteiger partial charge in [-0.15, -0.1) is 20.7 Å². The van der Waals surface area contributed by atoms with Gasteiger partial charge in [-0.25, -0.2) is 0 Å². The molecule has 8 heavy (non-hydrogen) atoms. The molecule has 1 aliphatic heterocycles. The van der Waals surface area contributed by atoms with Gasteiger partial charge in [-0.2, -0.15) is 0 Å². The first kappa shape index (κ1) is 6.20. The molecule has 0 N–H and O–H groups in total. The number of hydrogen-bond acceptors (Lipinski definition) is 0.